The highest BCUT2D eigenvalue weighted by Gasteiger charge is 2.16. The van der Waals surface area contributed by atoms with Gasteiger partial charge in [0.05, 0.1) is 11.1 Å². The molecule has 0 atom stereocenters. The van der Waals surface area contributed by atoms with Crippen LogP contribution in [0.2, 0.25) is 0 Å². The van der Waals surface area contributed by atoms with Gasteiger partial charge in [0.2, 0.25) is 0 Å². The lowest BCUT2D eigenvalue weighted by molar-refractivity contribution is 0.0952. The van der Waals surface area contributed by atoms with E-state index in [0.29, 0.717) is 24.3 Å². The number of benzene rings is 2. The van der Waals surface area contributed by atoms with Gasteiger partial charge >= 0.3 is 0 Å². The van der Waals surface area contributed by atoms with Gasteiger partial charge in [-0.15, -0.1) is 0 Å². The Kier molecular flexibility index (Phi) is 6.71. The van der Waals surface area contributed by atoms with E-state index in [-0.39, 0.29) is 10.8 Å². The van der Waals surface area contributed by atoms with Crippen LogP contribution in [-0.2, 0) is 16.6 Å². The Morgan fingerprint density at radius 1 is 1.17 bits per heavy atom. The Bertz CT molecular complexity index is 1090. The molecule has 0 aliphatic heterocycles. The van der Waals surface area contributed by atoms with E-state index in [2.05, 4.69) is 31.1 Å². The van der Waals surface area contributed by atoms with Gasteiger partial charge in [-0.3, -0.25) is 14.2 Å². The molecule has 2 N–H and O–H groups in total. The summed E-state index contributed by atoms with van der Waals surface area (Å²) in [6, 6.07) is 12.8. The van der Waals surface area contributed by atoms with Crippen molar-refractivity contribution < 1.29 is 13.2 Å². The van der Waals surface area contributed by atoms with Gasteiger partial charge in [0, 0.05) is 35.0 Å². The summed E-state index contributed by atoms with van der Waals surface area (Å²) < 4.78 is 30.4. The third-order valence-electron chi connectivity index (χ3n) is 4.11. The van der Waals surface area contributed by atoms with Gasteiger partial charge in [-0.1, -0.05) is 22.0 Å². The lowest BCUT2D eigenvalue weighted by Gasteiger charge is -2.10. The average molecular weight is 477 g/mol. The van der Waals surface area contributed by atoms with E-state index in [1.165, 1.54) is 12.1 Å². The number of carbonyl (C=O) groups excluding carboxylic acids is 1. The van der Waals surface area contributed by atoms with E-state index in [0.717, 1.165) is 16.5 Å². The highest BCUT2D eigenvalue weighted by molar-refractivity contribution is 9.10. The third-order valence-corrected chi connectivity index (χ3v) is 6.02. The quantitative estimate of drug-likeness (QED) is 0.485. The summed E-state index contributed by atoms with van der Waals surface area (Å²) in [5.41, 5.74) is 1.82. The first-order chi connectivity index (χ1) is 13.8. The van der Waals surface area contributed by atoms with Crippen LogP contribution >= 0.6 is 15.9 Å². The van der Waals surface area contributed by atoms with Gasteiger partial charge in [-0.2, -0.15) is 5.10 Å². The molecule has 1 aromatic heterocycles. The topological polar surface area (TPSA) is 93.1 Å². The van der Waals surface area contributed by atoms with Crippen LogP contribution in [0.3, 0.4) is 0 Å². The highest BCUT2D eigenvalue weighted by atomic mass is 79.9. The van der Waals surface area contributed by atoms with E-state index < -0.39 is 10.0 Å². The molecule has 1 amide bonds. The summed E-state index contributed by atoms with van der Waals surface area (Å²) in [6.07, 6.45) is 4.44. The number of rotatable bonds is 8. The first-order valence-corrected chi connectivity index (χ1v) is 11.3. The Morgan fingerprint density at radius 3 is 2.62 bits per heavy atom. The normalized spacial score (nSPS) is 11.2. The maximum Gasteiger partial charge on any atom is 0.261 e. The number of nitrogens with one attached hydrogen (secondary N) is 2. The van der Waals surface area contributed by atoms with Crippen molar-refractivity contribution in [1.82, 2.24) is 15.1 Å². The number of hydrogen-bond donors (Lipinski definition) is 2. The Balaban J connectivity index is 1.60. The second-order valence-electron chi connectivity index (χ2n) is 6.53. The van der Waals surface area contributed by atoms with Gasteiger partial charge in [-0.25, -0.2) is 8.42 Å². The molecule has 0 radical (unpaired) electrons. The van der Waals surface area contributed by atoms with Gasteiger partial charge in [-0.05, 0) is 61.4 Å². The molecule has 9 heteroatoms. The molecule has 0 aliphatic rings. The van der Waals surface area contributed by atoms with Crippen LogP contribution in [0.25, 0.3) is 0 Å². The number of sulfonamides is 1. The lowest BCUT2D eigenvalue weighted by Crippen LogP contribution is -2.25. The number of aromatic nitrogens is 2. The molecule has 0 saturated heterocycles. The maximum atomic E-state index is 12.6. The van der Waals surface area contributed by atoms with Crippen molar-refractivity contribution in [2.75, 3.05) is 11.3 Å². The highest BCUT2D eigenvalue weighted by Crippen LogP contribution is 2.19. The van der Waals surface area contributed by atoms with Crippen LogP contribution in [0.5, 0.6) is 0 Å². The van der Waals surface area contributed by atoms with Crippen LogP contribution in [0, 0.1) is 6.92 Å². The van der Waals surface area contributed by atoms with Gasteiger partial charge in [0.25, 0.3) is 15.9 Å². The minimum Gasteiger partial charge on any atom is -0.352 e. The van der Waals surface area contributed by atoms with Crippen molar-refractivity contribution in [3.05, 3.63) is 76.5 Å². The fourth-order valence-corrected chi connectivity index (χ4v) is 4.04. The van der Waals surface area contributed by atoms with Gasteiger partial charge < -0.3 is 5.32 Å². The van der Waals surface area contributed by atoms with Crippen molar-refractivity contribution in [1.29, 1.82) is 0 Å². The summed E-state index contributed by atoms with van der Waals surface area (Å²) in [4.78, 5) is 12.4. The zero-order chi connectivity index (χ0) is 20.9. The van der Waals surface area contributed by atoms with Gasteiger partial charge in [0.1, 0.15) is 0 Å². The van der Waals surface area contributed by atoms with Crippen molar-refractivity contribution in [3.63, 3.8) is 0 Å². The minimum atomic E-state index is -3.80. The molecule has 0 aliphatic carbocycles. The summed E-state index contributed by atoms with van der Waals surface area (Å²) in [5, 5.41) is 7.01. The smallest absolute Gasteiger partial charge is 0.261 e. The summed E-state index contributed by atoms with van der Waals surface area (Å²) in [6.45, 7) is 3.13. The molecule has 3 rings (SSSR count). The summed E-state index contributed by atoms with van der Waals surface area (Å²) in [7, 11) is -3.80. The average Bonchev–Trinajstić information content (AvgIpc) is 3.12. The molecular weight excluding hydrogens is 456 g/mol. The zero-order valence-corrected chi connectivity index (χ0v) is 18.2. The van der Waals surface area contributed by atoms with E-state index >= 15 is 0 Å². The maximum absolute atomic E-state index is 12.6. The molecular formula is C20H21BrN4O3S. The van der Waals surface area contributed by atoms with Crippen molar-refractivity contribution in [2.24, 2.45) is 0 Å². The van der Waals surface area contributed by atoms with Crippen molar-refractivity contribution in [3.8, 4) is 0 Å². The fraction of sp³-hybridized carbons (Fsp3) is 0.200. The van der Waals surface area contributed by atoms with Crippen LogP contribution in [-0.4, -0.2) is 30.7 Å². The van der Waals surface area contributed by atoms with E-state index in [1.807, 2.05) is 17.8 Å². The SMILES string of the molecule is Cc1cnn(CCCNC(=O)c2cccc(S(=O)(=O)Nc3ccc(Br)cc3)c2)c1. The molecule has 7 nitrogen and oxygen atoms in total. The molecule has 1 heterocycles. The monoisotopic (exact) mass is 476 g/mol. The zero-order valence-electron chi connectivity index (χ0n) is 15.8. The molecule has 0 unspecified atom stereocenters. The molecule has 0 saturated carbocycles. The fourth-order valence-electron chi connectivity index (χ4n) is 2.67. The first-order valence-electron chi connectivity index (χ1n) is 8.99. The van der Waals surface area contributed by atoms with Crippen molar-refractivity contribution in [2.45, 2.75) is 24.8 Å². The van der Waals surface area contributed by atoms with Crippen LogP contribution < -0.4 is 10.0 Å². The molecule has 0 fully saturated rings. The Morgan fingerprint density at radius 2 is 1.93 bits per heavy atom. The second-order valence-corrected chi connectivity index (χ2v) is 9.13. The standard InChI is InChI=1S/C20H21BrN4O3S/c1-15-13-23-25(14-15)11-3-10-22-20(26)16-4-2-5-19(12-16)29(27,28)24-18-8-6-17(21)7-9-18/h2,4-9,12-14,24H,3,10-11H2,1H3,(H,22,26). The largest absolute Gasteiger partial charge is 0.352 e. The molecule has 29 heavy (non-hydrogen) atoms. The molecule has 152 valence electrons. The van der Waals surface area contributed by atoms with Crippen LogP contribution in [0.1, 0.15) is 22.3 Å². The first kappa shape index (κ1) is 21.1. The van der Waals surface area contributed by atoms with E-state index in [4.69, 9.17) is 0 Å². The Labute approximate surface area is 178 Å². The number of halogens is 1. The molecule has 2 aromatic carbocycles. The number of aryl methyl sites for hydroxylation is 2. The third kappa shape index (κ3) is 5.91. The Hall–Kier alpha value is -2.65. The predicted molar refractivity (Wildman–Crippen MR) is 115 cm³/mol. The van der Waals surface area contributed by atoms with Crippen LogP contribution in [0.15, 0.2) is 70.3 Å². The lowest BCUT2D eigenvalue weighted by atomic mass is 10.2. The number of nitrogens with zero attached hydrogens (tertiary/aromatic N) is 2. The van der Waals surface area contributed by atoms with Crippen LogP contribution in [0.4, 0.5) is 5.69 Å². The van der Waals surface area contributed by atoms with E-state index in [9.17, 15) is 13.2 Å². The van der Waals surface area contributed by atoms with Crippen molar-refractivity contribution >= 4 is 37.5 Å². The molecule has 3 aromatic rings. The molecule has 0 bridgehead atoms. The molecule has 0 spiro atoms. The van der Waals surface area contributed by atoms with E-state index in [1.54, 1.807) is 42.6 Å². The predicted octanol–water partition coefficient (Wildman–Crippen LogP) is 3.57. The summed E-state index contributed by atoms with van der Waals surface area (Å²) in [5.74, 6) is -0.317. The number of amides is 1. The number of carbonyl (C=O) groups is 1. The second kappa shape index (κ2) is 9.23. The summed E-state index contributed by atoms with van der Waals surface area (Å²) >= 11 is 3.31. The van der Waals surface area contributed by atoms with Gasteiger partial charge in [0.15, 0.2) is 0 Å². The number of anilines is 1. The minimum absolute atomic E-state index is 0.0279. The number of hydrogen-bond acceptors (Lipinski definition) is 4.